The fourth-order valence-corrected chi connectivity index (χ4v) is 4.34. The summed E-state index contributed by atoms with van der Waals surface area (Å²) in [4.78, 5) is 27.3. The summed E-state index contributed by atoms with van der Waals surface area (Å²) < 4.78 is 0. The van der Waals surface area contributed by atoms with E-state index in [1.54, 1.807) is 4.90 Å². The molecule has 1 saturated carbocycles. The molecule has 1 aromatic carbocycles. The molecular weight excluding hydrogens is 298 g/mol. The van der Waals surface area contributed by atoms with Crippen LogP contribution in [0.25, 0.3) is 0 Å². The first-order valence-electron chi connectivity index (χ1n) is 9.55. The van der Waals surface area contributed by atoms with E-state index in [4.69, 9.17) is 0 Å². The number of hydrogen-bond donors (Lipinski definition) is 0. The standard InChI is InChI=1S/C21H29NO2/c1-4-14(3)15-10-12-16(13-11-15)19(5-2)22-20(23)17-8-6-7-9-18(17)21(22)24/h10-14,17-19H,4-9H2,1-3H3/t14?,17-,18+,19?. The summed E-state index contributed by atoms with van der Waals surface area (Å²) in [6, 6.07) is 8.42. The number of likely N-dealkylation sites (tertiary alicyclic amines) is 1. The maximum absolute atomic E-state index is 12.9. The highest BCUT2D eigenvalue weighted by atomic mass is 16.2. The Morgan fingerprint density at radius 2 is 1.42 bits per heavy atom. The molecule has 1 aliphatic heterocycles. The Morgan fingerprint density at radius 3 is 1.88 bits per heavy atom. The van der Waals surface area contributed by atoms with Crippen molar-refractivity contribution in [2.45, 2.75) is 71.3 Å². The van der Waals surface area contributed by atoms with E-state index in [2.05, 4.69) is 45.0 Å². The van der Waals surface area contributed by atoms with Crippen LogP contribution in [0.15, 0.2) is 24.3 Å². The van der Waals surface area contributed by atoms with E-state index in [0.717, 1.165) is 44.1 Å². The Labute approximate surface area is 145 Å². The normalized spacial score (nSPS) is 26.4. The minimum Gasteiger partial charge on any atom is -0.274 e. The van der Waals surface area contributed by atoms with Crippen LogP contribution in [0.2, 0.25) is 0 Å². The first kappa shape index (κ1) is 17.2. The highest BCUT2D eigenvalue weighted by molar-refractivity contribution is 6.05. The number of carbonyl (C=O) groups is 2. The molecule has 2 aliphatic rings. The number of carbonyl (C=O) groups excluding carboxylic acids is 2. The second-order valence-electron chi connectivity index (χ2n) is 7.44. The van der Waals surface area contributed by atoms with Gasteiger partial charge in [-0.2, -0.15) is 0 Å². The van der Waals surface area contributed by atoms with Gasteiger partial charge in [0.05, 0.1) is 17.9 Å². The summed E-state index contributed by atoms with van der Waals surface area (Å²) in [6.07, 6.45) is 5.82. The van der Waals surface area contributed by atoms with Gasteiger partial charge in [-0.25, -0.2) is 0 Å². The largest absolute Gasteiger partial charge is 0.274 e. The molecule has 2 fully saturated rings. The van der Waals surface area contributed by atoms with E-state index < -0.39 is 0 Å². The number of rotatable bonds is 5. The van der Waals surface area contributed by atoms with Crippen molar-refractivity contribution >= 4 is 11.8 Å². The third-order valence-corrected chi connectivity index (χ3v) is 6.08. The van der Waals surface area contributed by atoms with Crippen LogP contribution in [0.4, 0.5) is 0 Å². The third-order valence-electron chi connectivity index (χ3n) is 6.08. The molecule has 0 spiro atoms. The van der Waals surface area contributed by atoms with E-state index in [-0.39, 0.29) is 29.7 Å². The first-order chi connectivity index (χ1) is 11.6. The van der Waals surface area contributed by atoms with Crippen LogP contribution in [0.3, 0.4) is 0 Å². The van der Waals surface area contributed by atoms with E-state index in [1.165, 1.54) is 5.56 Å². The first-order valence-corrected chi connectivity index (χ1v) is 9.55. The maximum Gasteiger partial charge on any atom is 0.233 e. The molecule has 4 atom stereocenters. The molecule has 130 valence electrons. The van der Waals surface area contributed by atoms with Gasteiger partial charge < -0.3 is 0 Å². The molecule has 2 amide bonds. The summed E-state index contributed by atoms with van der Waals surface area (Å²) in [5.74, 6) is 0.571. The van der Waals surface area contributed by atoms with E-state index >= 15 is 0 Å². The molecule has 0 aromatic heterocycles. The molecule has 24 heavy (non-hydrogen) atoms. The molecule has 1 aliphatic carbocycles. The quantitative estimate of drug-likeness (QED) is 0.727. The molecule has 1 heterocycles. The lowest BCUT2D eigenvalue weighted by atomic mass is 9.81. The van der Waals surface area contributed by atoms with E-state index in [9.17, 15) is 9.59 Å². The average molecular weight is 327 g/mol. The topological polar surface area (TPSA) is 37.4 Å². The van der Waals surface area contributed by atoms with Gasteiger partial charge >= 0.3 is 0 Å². The predicted molar refractivity (Wildman–Crippen MR) is 95.5 cm³/mol. The minimum atomic E-state index is -0.110. The monoisotopic (exact) mass is 327 g/mol. The van der Waals surface area contributed by atoms with Crippen LogP contribution in [0.1, 0.15) is 82.4 Å². The van der Waals surface area contributed by atoms with E-state index in [0.29, 0.717) is 5.92 Å². The molecule has 0 radical (unpaired) electrons. The Balaban J connectivity index is 1.85. The molecule has 0 N–H and O–H groups in total. The van der Waals surface area contributed by atoms with Crippen molar-refractivity contribution in [3.8, 4) is 0 Å². The van der Waals surface area contributed by atoms with Crippen LogP contribution in [0, 0.1) is 11.8 Å². The van der Waals surface area contributed by atoms with Gasteiger partial charge in [0.2, 0.25) is 11.8 Å². The number of imide groups is 1. The van der Waals surface area contributed by atoms with Crippen molar-refractivity contribution in [2.24, 2.45) is 11.8 Å². The molecule has 3 rings (SSSR count). The van der Waals surface area contributed by atoms with Crippen molar-refractivity contribution < 1.29 is 9.59 Å². The minimum absolute atomic E-state index is 0.0558. The fourth-order valence-electron chi connectivity index (χ4n) is 4.34. The van der Waals surface area contributed by atoms with Crippen molar-refractivity contribution in [1.29, 1.82) is 0 Å². The van der Waals surface area contributed by atoms with Crippen LogP contribution < -0.4 is 0 Å². The van der Waals surface area contributed by atoms with Gasteiger partial charge in [-0.1, -0.05) is 57.9 Å². The number of benzene rings is 1. The van der Waals surface area contributed by atoms with Gasteiger partial charge in [-0.05, 0) is 42.7 Å². The van der Waals surface area contributed by atoms with Gasteiger partial charge in [-0.15, -0.1) is 0 Å². The van der Waals surface area contributed by atoms with Gasteiger partial charge in [0.15, 0.2) is 0 Å². The van der Waals surface area contributed by atoms with Gasteiger partial charge in [-0.3, -0.25) is 14.5 Å². The Bertz CT molecular complexity index is 583. The summed E-state index contributed by atoms with van der Waals surface area (Å²) >= 11 is 0. The van der Waals surface area contributed by atoms with Crippen LogP contribution in [-0.4, -0.2) is 16.7 Å². The van der Waals surface area contributed by atoms with E-state index in [1.807, 2.05) is 0 Å². The summed E-state index contributed by atoms with van der Waals surface area (Å²) in [7, 11) is 0. The molecule has 1 aromatic rings. The zero-order valence-corrected chi connectivity index (χ0v) is 15.1. The Hall–Kier alpha value is -1.64. The Kier molecular flexibility index (Phi) is 5.07. The second kappa shape index (κ2) is 7.08. The summed E-state index contributed by atoms with van der Waals surface area (Å²) in [5, 5.41) is 0. The maximum atomic E-state index is 12.9. The lowest BCUT2D eigenvalue weighted by molar-refractivity contribution is -0.143. The molecule has 2 unspecified atom stereocenters. The smallest absolute Gasteiger partial charge is 0.233 e. The van der Waals surface area contributed by atoms with Crippen molar-refractivity contribution in [3.63, 3.8) is 0 Å². The van der Waals surface area contributed by atoms with Crippen LogP contribution >= 0.6 is 0 Å². The molecule has 3 heteroatoms. The molecule has 0 bridgehead atoms. The SMILES string of the molecule is CCC(C)c1ccc(C(CC)N2C(=O)[C@H]3CCCC[C@H]3C2=O)cc1. The second-order valence-corrected chi connectivity index (χ2v) is 7.44. The highest BCUT2D eigenvalue weighted by Crippen LogP contribution is 2.42. The highest BCUT2D eigenvalue weighted by Gasteiger charge is 2.50. The summed E-state index contributed by atoms with van der Waals surface area (Å²) in [6.45, 7) is 6.48. The molecule has 3 nitrogen and oxygen atoms in total. The number of hydrogen-bond acceptors (Lipinski definition) is 2. The molecule has 1 saturated heterocycles. The zero-order chi connectivity index (χ0) is 17.3. The Morgan fingerprint density at radius 1 is 0.917 bits per heavy atom. The third kappa shape index (κ3) is 2.89. The number of nitrogens with zero attached hydrogens (tertiary/aromatic N) is 1. The van der Waals surface area contributed by atoms with Crippen molar-refractivity contribution in [1.82, 2.24) is 4.90 Å². The number of amides is 2. The zero-order valence-electron chi connectivity index (χ0n) is 15.1. The van der Waals surface area contributed by atoms with Gasteiger partial charge in [0.25, 0.3) is 0 Å². The van der Waals surface area contributed by atoms with Gasteiger partial charge in [0, 0.05) is 0 Å². The van der Waals surface area contributed by atoms with Gasteiger partial charge in [0.1, 0.15) is 0 Å². The molecular formula is C21H29NO2. The van der Waals surface area contributed by atoms with Crippen molar-refractivity contribution in [2.75, 3.05) is 0 Å². The number of fused-ring (bicyclic) bond motifs is 1. The predicted octanol–water partition coefficient (Wildman–Crippen LogP) is 4.83. The average Bonchev–Trinajstić information content (AvgIpc) is 2.88. The van der Waals surface area contributed by atoms with Crippen molar-refractivity contribution in [3.05, 3.63) is 35.4 Å². The lowest BCUT2D eigenvalue weighted by Gasteiger charge is -2.26. The fraction of sp³-hybridized carbons (Fsp3) is 0.619. The lowest BCUT2D eigenvalue weighted by Crippen LogP contribution is -2.35. The van der Waals surface area contributed by atoms with Crippen LogP contribution in [0.5, 0.6) is 0 Å². The van der Waals surface area contributed by atoms with Crippen LogP contribution in [-0.2, 0) is 9.59 Å². The summed E-state index contributed by atoms with van der Waals surface area (Å²) in [5.41, 5.74) is 2.41.